The molecule has 0 radical (unpaired) electrons. The third-order valence-corrected chi connectivity index (χ3v) is 7.49. The van der Waals surface area contributed by atoms with Crippen molar-refractivity contribution in [2.24, 2.45) is 5.92 Å². The molecule has 0 bridgehead atoms. The number of carbonyl (C=O) groups is 1. The molecule has 1 unspecified atom stereocenters. The van der Waals surface area contributed by atoms with Gasteiger partial charge in [-0.05, 0) is 41.7 Å². The molecule has 1 saturated heterocycles. The summed E-state index contributed by atoms with van der Waals surface area (Å²) in [6.45, 7) is 4.73. The van der Waals surface area contributed by atoms with Gasteiger partial charge in [-0.15, -0.1) is 0 Å². The molecule has 0 saturated carbocycles. The summed E-state index contributed by atoms with van der Waals surface area (Å²) >= 11 is 0. The number of hydrogen-bond acceptors (Lipinski definition) is 5. The molecular weight excluding hydrogens is 436 g/mol. The first-order chi connectivity index (χ1) is 17.2. The van der Waals surface area contributed by atoms with Crippen LogP contribution in [0.4, 0.5) is 0 Å². The van der Waals surface area contributed by atoms with Crippen LogP contribution < -0.4 is 9.47 Å². The van der Waals surface area contributed by atoms with E-state index in [1.807, 2.05) is 12.1 Å². The normalized spacial score (nSPS) is 18.9. The molecule has 1 aliphatic heterocycles. The van der Waals surface area contributed by atoms with Crippen molar-refractivity contribution in [3.05, 3.63) is 95.1 Å². The smallest absolute Gasteiger partial charge is 0.167 e. The Morgan fingerprint density at radius 3 is 1.97 bits per heavy atom. The van der Waals surface area contributed by atoms with Crippen LogP contribution in [0.5, 0.6) is 11.5 Å². The molecule has 3 aromatic carbocycles. The van der Waals surface area contributed by atoms with Gasteiger partial charge in [-0.1, -0.05) is 60.7 Å². The van der Waals surface area contributed by atoms with Crippen molar-refractivity contribution >= 4 is 5.78 Å². The van der Waals surface area contributed by atoms with Crippen molar-refractivity contribution in [1.82, 2.24) is 9.80 Å². The SMILES string of the molecule is COc1cc2c(cc1OC)C(=O)C(CN1CCN(C(c3ccccc3)c3ccccc3)CC1)CC2. The lowest BCUT2D eigenvalue weighted by atomic mass is 9.82. The zero-order valence-corrected chi connectivity index (χ0v) is 20.7. The first kappa shape index (κ1) is 23.6. The van der Waals surface area contributed by atoms with Crippen LogP contribution in [0, 0.1) is 5.92 Å². The molecule has 0 spiro atoms. The second-order valence-electron chi connectivity index (χ2n) is 9.52. The van der Waals surface area contributed by atoms with Crippen LogP contribution >= 0.6 is 0 Å². The molecule has 3 aromatic rings. The van der Waals surface area contributed by atoms with Crippen molar-refractivity contribution in [2.75, 3.05) is 46.9 Å². The average Bonchev–Trinajstić information content (AvgIpc) is 2.92. The van der Waals surface area contributed by atoms with Gasteiger partial charge in [0.15, 0.2) is 17.3 Å². The van der Waals surface area contributed by atoms with E-state index in [9.17, 15) is 4.79 Å². The van der Waals surface area contributed by atoms with Gasteiger partial charge in [0.2, 0.25) is 0 Å². The maximum atomic E-state index is 13.4. The summed E-state index contributed by atoms with van der Waals surface area (Å²) in [5, 5.41) is 0. The number of ketones is 1. The molecule has 0 N–H and O–H groups in total. The number of piperazine rings is 1. The van der Waals surface area contributed by atoms with E-state index in [1.54, 1.807) is 14.2 Å². The van der Waals surface area contributed by atoms with Crippen LogP contribution in [-0.2, 0) is 6.42 Å². The van der Waals surface area contributed by atoms with Gasteiger partial charge in [-0.3, -0.25) is 9.69 Å². The number of benzene rings is 3. The van der Waals surface area contributed by atoms with Crippen LogP contribution in [0.1, 0.15) is 39.5 Å². The lowest BCUT2D eigenvalue weighted by Gasteiger charge is -2.41. The number of fused-ring (bicyclic) bond motifs is 1. The molecule has 5 heteroatoms. The zero-order chi connectivity index (χ0) is 24.2. The van der Waals surface area contributed by atoms with Gasteiger partial charge >= 0.3 is 0 Å². The third kappa shape index (κ3) is 4.97. The highest BCUT2D eigenvalue weighted by Crippen LogP contribution is 2.36. The number of carbonyl (C=O) groups excluding carboxylic acids is 1. The number of ether oxygens (including phenoxy) is 2. The Bertz CT molecular complexity index is 1100. The first-order valence-corrected chi connectivity index (χ1v) is 12.5. The molecule has 182 valence electrons. The third-order valence-electron chi connectivity index (χ3n) is 7.49. The van der Waals surface area contributed by atoms with Gasteiger partial charge in [-0.2, -0.15) is 0 Å². The zero-order valence-electron chi connectivity index (χ0n) is 20.7. The van der Waals surface area contributed by atoms with Crippen molar-refractivity contribution in [3.8, 4) is 11.5 Å². The van der Waals surface area contributed by atoms with E-state index in [4.69, 9.17) is 9.47 Å². The Balaban J connectivity index is 1.26. The maximum absolute atomic E-state index is 13.4. The van der Waals surface area contributed by atoms with Crippen LogP contribution in [0.25, 0.3) is 0 Å². The van der Waals surface area contributed by atoms with Crippen LogP contribution in [0.15, 0.2) is 72.8 Å². The Kier molecular flexibility index (Phi) is 7.16. The van der Waals surface area contributed by atoms with Crippen LogP contribution in [0.2, 0.25) is 0 Å². The fraction of sp³-hybridized carbons (Fsp3) is 0.367. The van der Waals surface area contributed by atoms with Crippen LogP contribution in [-0.4, -0.2) is 62.5 Å². The summed E-state index contributed by atoms with van der Waals surface area (Å²) in [6, 6.07) is 25.6. The molecule has 5 rings (SSSR count). The number of methoxy groups -OCH3 is 2. The summed E-state index contributed by atoms with van der Waals surface area (Å²) in [7, 11) is 3.25. The molecular formula is C30H34N2O3. The highest BCUT2D eigenvalue weighted by Gasteiger charge is 2.32. The fourth-order valence-electron chi connectivity index (χ4n) is 5.61. The molecule has 35 heavy (non-hydrogen) atoms. The summed E-state index contributed by atoms with van der Waals surface area (Å²) in [5.74, 6) is 1.59. The van der Waals surface area contributed by atoms with Gasteiger partial charge < -0.3 is 14.4 Å². The van der Waals surface area contributed by atoms with Gasteiger partial charge in [0.25, 0.3) is 0 Å². The first-order valence-electron chi connectivity index (χ1n) is 12.5. The number of aryl methyl sites for hydroxylation is 1. The summed E-state index contributed by atoms with van der Waals surface area (Å²) in [6.07, 6.45) is 1.79. The standard InChI is InChI=1S/C30H34N2O3/c1-34-27-19-24-13-14-25(30(33)26(24)20-28(27)35-2)21-31-15-17-32(18-16-31)29(22-9-5-3-6-10-22)23-11-7-4-8-12-23/h3-12,19-20,25,29H,13-18,21H2,1-2H3. The number of nitrogens with zero attached hydrogens (tertiary/aromatic N) is 2. The summed E-state index contributed by atoms with van der Waals surface area (Å²) < 4.78 is 10.9. The van der Waals surface area contributed by atoms with E-state index < -0.39 is 0 Å². The summed E-state index contributed by atoms with van der Waals surface area (Å²) in [4.78, 5) is 18.4. The van der Waals surface area contributed by atoms with Gasteiger partial charge in [0, 0.05) is 44.2 Å². The average molecular weight is 471 g/mol. The van der Waals surface area contributed by atoms with E-state index in [1.165, 1.54) is 11.1 Å². The molecule has 1 aliphatic carbocycles. The van der Waals surface area contributed by atoms with E-state index >= 15 is 0 Å². The van der Waals surface area contributed by atoms with E-state index in [0.29, 0.717) is 11.5 Å². The minimum absolute atomic E-state index is 0.0335. The molecule has 1 heterocycles. The monoisotopic (exact) mass is 470 g/mol. The second-order valence-corrected chi connectivity index (χ2v) is 9.52. The minimum Gasteiger partial charge on any atom is -0.493 e. The van der Waals surface area contributed by atoms with Crippen molar-refractivity contribution in [3.63, 3.8) is 0 Å². The largest absolute Gasteiger partial charge is 0.493 e. The number of Topliss-reactive ketones (excluding diaryl/α,β-unsaturated/α-hetero) is 1. The minimum atomic E-state index is 0.0335. The van der Waals surface area contributed by atoms with Crippen molar-refractivity contribution in [2.45, 2.75) is 18.9 Å². The predicted octanol–water partition coefficient (Wildman–Crippen LogP) is 4.86. The van der Waals surface area contributed by atoms with E-state index in [2.05, 4.69) is 70.5 Å². The fourth-order valence-corrected chi connectivity index (χ4v) is 5.61. The number of hydrogen-bond donors (Lipinski definition) is 0. The lowest BCUT2D eigenvalue weighted by Crippen LogP contribution is -2.50. The van der Waals surface area contributed by atoms with E-state index in [0.717, 1.165) is 56.7 Å². The lowest BCUT2D eigenvalue weighted by molar-refractivity contribution is 0.0746. The topological polar surface area (TPSA) is 42.0 Å². The Morgan fingerprint density at radius 1 is 0.829 bits per heavy atom. The van der Waals surface area contributed by atoms with Crippen molar-refractivity contribution in [1.29, 1.82) is 0 Å². The summed E-state index contributed by atoms with van der Waals surface area (Å²) in [5.41, 5.74) is 4.53. The van der Waals surface area contributed by atoms with Gasteiger partial charge in [0.1, 0.15) is 0 Å². The molecule has 5 nitrogen and oxygen atoms in total. The van der Waals surface area contributed by atoms with Crippen LogP contribution in [0.3, 0.4) is 0 Å². The highest BCUT2D eigenvalue weighted by atomic mass is 16.5. The maximum Gasteiger partial charge on any atom is 0.167 e. The molecule has 2 aliphatic rings. The Morgan fingerprint density at radius 2 is 1.40 bits per heavy atom. The van der Waals surface area contributed by atoms with E-state index in [-0.39, 0.29) is 17.7 Å². The Hall–Kier alpha value is -3.15. The number of rotatable bonds is 7. The quantitative estimate of drug-likeness (QED) is 0.494. The van der Waals surface area contributed by atoms with Gasteiger partial charge in [0.05, 0.1) is 20.3 Å². The highest BCUT2D eigenvalue weighted by molar-refractivity contribution is 6.01. The molecule has 0 amide bonds. The predicted molar refractivity (Wildman–Crippen MR) is 138 cm³/mol. The molecule has 0 aromatic heterocycles. The van der Waals surface area contributed by atoms with Gasteiger partial charge in [-0.25, -0.2) is 0 Å². The Labute approximate surface area is 208 Å². The van der Waals surface area contributed by atoms with Crippen molar-refractivity contribution < 1.29 is 14.3 Å². The molecule has 1 atom stereocenters. The second kappa shape index (κ2) is 10.6. The molecule has 1 fully saturated rings.